The first-order valence-electron chi connectivity index (χ1n) is 7.05. The molecule has 1 fully saturated rings. The Hall–Kier alpha value is -1.39. The highest BCUT2D eigenvalue weighted by atomic mass is 16.3. The number of benzene rings is 1. The zero-order valence-corrected chi connectivity index (χ0v) is 11.6. The second kappa shape index (κ2) is 5.31. The molecule has 0 spiro atoms. The highest BCUT2D eigenvalue weighted by Crippen LogP contribution is 2.26. The Bertz CT molecular complexity index is 558. The normalized spacial score (nSPS) is 21.7. The molecule has 1 aliphatic heterocycles. The minimum absolute atomic E-state index is 0.335. The molecule has 0 aliphatic carbocycles. The lowest BCUT2D eigenvalue weighted by Gasteiger charge is -2.31. The van der Waals surface area contributed by atoms with E-state index in [9.17, 15) is 0 Å². The molecule has 1 aliphatic rings. The number of nitrogens with one attached hydrogen (secondary N) is 2. The maximum atomic E-state index is 5.53. The summed E-state index contributed by atoms with van der Waals surface area (Å²) in [4.78, 5) is 4.42. The zero-order valence-electron chi connectivity index (χ0n) is 11.6. The summed E-state index contributed by atoms with van der Waals surface area (Å²) in [5.41, 5.74) is 3.10. The van der Waals surface area contributed by atoms with E-state index in [1.54, 1.807) is 0 Å². The molecule has 0 amide bonds. The number of hydrogen-bond donors (Lipinski definition) is 2. The third kappa shape index (κ3) is 2.51. The molecule has 2 atom stereocenters. The lowest BCUT2D eigenvalue weighted by atomic mass is 9.92. The molecule has 2 unspecified atom stereocenters. The van der Waals surface area contributed by atoms with Crippen LogP contribution in [0.5, 0.6) is 0 Å². The van der Waals surface area contributed by atoms with Crippen LogP contribution in [-0.4, -0.2) is 24.6 Å². The summed E-state index contributed by atoms with van der Waals surface area (Å²) >= 11 is 0. The zero-order chi connectivity index (χ0) is 13.2. The number of likely N-dealkylation sites (N-methyl/N-ethyl adjacent to an activating group) is 1. The number of piperidine rings is 1. The molecular weight excluding hydrogens is 238 g/mol. The SMILES string of the molecule is CNC(c1ccc2oc(C)nc2c1)C1CCCCN1. The van der Waals surface area contributed by atoms with Crippen molar-refractivity contribution in [3.8, 4) is 0 Å². The first-order chi connectivity index (χ1) is 9.28. The summed E-state index contributed by atoms with van der Waals surface area (Å²) in [5.74, 6) is 0.726. The van der Waals surface area contributed by atoms with E-state index in [1.807, 2.05) is 20.0 Å². The topological polar surface area (TPSA) is 50.1 Å². The van der Waals surface area contributed by atoms with Crippen molar-refractivity contribution in [3.63, 3.8) is 0 Å². The van der Waals surface area contributed by atoms with Crippen molar-refractivity contribution in [2.75, 3.05) is 13.6 Å². The number of nitrogens with zero attached hydrogens (tertiary/aromatic N) is 1. The van der Waals surface area contributed by atoms with Crippen LogP contribution in [0.25, 0.3) is 11.1 Å². The highest BCUT2D eigenvalue weighted by Gasteiger charge is 2.23. The van der Waals surface area contributed by atoms with E-state index in [2.05, 4.69) is 27.8 Å². The summed E-state index contributed by atoms with van der Waals surface area (Å²) in [7, 11) is 2.03. The Morgan fingerprint density at radius 2 is 2.32 bits per heavy atom. The number of oxazole rings is 1. The minimum Gasteiger partial charge on any atom is -0.441 e. The van der Waals surface area contributed by atoms with Gasteiger partial charge in [0.2, 0.25) is 0 Å². The van der Waals surface area contributed by atoms with Crippen molar-refractivity contribution in [2.45, 2.75) is 38.3 Å². The van der Waals surface area contributed by atoms with Gasteiger partial charge in [-0.25, -0.2) is 4.98 Å². The minimum atomic E-state index is 0.335. The standard InChI is InChI=1S/C15H21N3O/c1-10-18-13-9-11(6-7-14(13)19-10)15(16-2)12-5-3-4-8-17-12/h6-7,9,12,15-17H,3-5,8H2,1-2H3. The van der Waals surface area contributed by atoms with Crippen molar-refractivity contribution in [2.24, 2.45) is 0 Å². The fraction of sp³-hybridized carbons (Fsp3) is 0.533. The predicted octanol–water partition coefficient (Wildman–Crippen LogP) is 2.54. The van der Waals surface area contributed by atoms with Crippen molar-refractivity contribution < 1.29 is 4.42 Å². The van der Waals surface area contributed by atoms with Gasteiger partial charge in [0.15, 0.2) is 11.5 Å². The van der Waals surface area contributed by atoms with E-state index in [4.69, 9.17) is 4.42 Å². The van der Waals surface area contributed by atoms with Gasteiger partial charge in [-0.05, 0) is 44.1 Å². The van der Waals surface area contributed by atoms with Crippen molar-refractivity contribution >= 4 is 11.1 Å². The van der Waals surface area contributed by atoms with Gasteiger partial charge >= 0.3 is 0 Å². The molecule has 0 radical (unpaired) electrons. The average Bonchev–Trinajstić information content (AvgIpc) is 2.80. The van der Waals surface area contributed by atoms with Gasteiger partial charge in [0.1, 0.15) is 5.52 Å². The molecule has 3 rings (SSSR count). The summed E-state index contributed by atoms with van der Waals surface area (Å²) < 4.78 is 5.53. The van der Waals surface area contributed by atoms with E-state index in [0.717, 1.165) is 23.5 Å². The van der Waals surface area contributed by atoms with Gasteiger partial charge < -0.3 is 15.1 Å². The summed E-state index contributed by atoms with van der Waals surface area (Å²) in [6, 6.07) is 7.15. The summed E-state index contributed by atoms with van der Waals surface area (Å²) in [6.45, 7) is 3.01. The first-order valence-corrected chi connectivity index (χ1v) is 7.05. The quantitative estimate of drug-likeness (QED) is 0.889. The molecule has 4 heteroatoms. The molecule has 0 saturated carbocycles. The fourth-order valence-electron chi connectivity index (χ4n) is 3.02. The lowest BCUT2D eigenvalue weighted by Crippen LogP contribution is -2.43. The van der Waals surface area contributed by atoms with E-state index in [0.29, 0.717) is 12.1 Å². The van der Waals surface area contributed by atoms with Gasteiger partial charge in [0.25, 0.3) is 0 Å². The smallest absolute Gasteiger partial charge is 0.192 e. The number of fused-ring (bicyclic) bond motifs is 1. The maximum Gasteiger partial charge on any atom is 0.192 e. The maximum absolute atomic E-state index is 5.53. The summed E-state index contributed by atoms with van der Waals surface area (Å²) in [5, 5.41) is 7.05. The van der Waals surface area contributed by atoms with Crippen LogP contribution >= 0.6 is 0 Å². The molecule has 1 aromatic heterocycles. The Morgan fingerprint density at radius 3 is 3.05 bits per heavy atom. The van der Waals surface area contributed by atoms with Crippen molar-refractivity contribution in [1.29, 1.82) is 0 Å². The van der Waals surface area contributed by atoms with Crippen LogP contribution in [0.15, 0.2) is 22.6 Å². The number of hydrogen-bond acceptors (Lipinski definition) is 4. The molecule has 19 heavy (non-hydrogen) atoms. The van der Waals surface area contributed by atoms with E-state index in [-0.39, 0.29) is 0 Å². The molecule has 102 valence electrons. The number of rotatable bonds is 3. The Labute approximate surface area is 113 Å². The summed E-state index contributed by atoms with van der Waals surface area (Å²) in [6.07, 6.45) is 3.82. The number of aromatic nitrogens is 1. The van der Waals surface area contributed by atoms with Gasteiger partial charge in [-0.2, -0.15) is 0 Å². The van der Waals surface area contributed by atoms with Crippen molar-refractivity contribution in [1.82, 2.24) is 15.6 Å². The van der Waals surface area contributed by atoms with Crippen molar-refractivity contribution in [3.05, 3.63) is 29.7 Å². The molecule has 4 nitrogen and oxygen atoms in total. The van der Waals surface area contributed by atoms with E-state index in [1.165, 1.54) is 24.8 Å². The number of aryl methyl sites for hydroxylation is 1. The highest BCUT2D eigenvalue weighted by molar-refractivity contribution is 5.73. The molecule has 2 aromatic rings. The van der Waals surface area contributed by atoms with Gasteiger partial charge in [0, 0.05) is 19.0 Å². The molecule has 0 bridgehead atoms. The molecule has 2 N–H and O–H groups in total. The fourth-order valence-corrected chi connectivity index (χ4v) is 3.02. The Morgan fingerprint density at radius 1 is 1.42 bits per heavy atom. The average molecular weight is 259 g/mol. The van der Waals surface area contributed by atoms with Crippen LogP contribution < -0.4 is 10.6 Å². The molecular formula is C15H21N3O. The Balaban J connectivity index is 1.91. The lowest BCUT2D eigenvalue weighted by molar-refractivity contribution is 0.326. The van der Waals surface area contributed by atoms with Crippen LogP contribution in [0.2, 0.25) is 0 Å². The van der Waals surface area contributed by atoms with Crippen LogP contribution in [0.4, 0.5) is 0 Å². The van der Waals surface area contributed by atoms with Crippen LogP contribution in [0.1, 0.15) is 36.8 Å². The Kier molecular flexibility index (Phi) is 3.53. The van der Waals surface area contributed by atoms with Crippen LogP contribution in [0, 0.1) is 6.92 Å². The van der Waals surface area contributed by atoms with Gasteiger partial charge in [0.05, 0.1) is 0 Å². The predicted molar refractivity (Wildman–Crippen MR) is 76.2 cm³/mol. The third-order valence-electron chi connectivity index (χ3n) is 3.94. The molecule has 1 aromatic carbocycles. The van der Waals surface area contributed by atoms with Gasteiger partial charge in [-0.15, -0.1) is 0 Å². The van der Waals surface area contributed by atoms with E-state index >= 15 is 0 Å². The monoisotopic (exact) mass is 259 g/mol. The van der Waals surface area contributed by atoms with Crippen LogP contribution in [0.3, 0.4) is 0 Å². The third-order valence-corrected chi connectivity index (χ3v) is 3.94. The van der Waals surface area contributed by atoms with Gasteiger partial charge in [-0.1, -0.05) is 12.5 Å². The largest absolute Gasteiger partial charge is 0.441 e. The van der Waals surface area contributed by atoms with E-state index < -0.39 is 0 Å². The first kappa shape index (κ1) is 12.6. The molecule has 1 saturated heterocycles. The van der Waals surface area contributed by atoms with Gasteiger partial charge in [-0.3, -0.25) is 0 Å². The second-order valence-electron chi connectivity index (χ2n) is 5.28. The molecule has 2 heterocycles. The van der Waals surface area contributed by atoms with Crippen LogP contribution in [-0.2, 0) is 0 Å². The second-order valence-corrected chi connectivity index (χ2v) is 5.28.